The minimum absolute atomic E-state index is 0.105. The Morgan fingerprint density at radius 1 is 1.25 bits per heavy atom. The Morgan fingerprint density at radius 3 is 2.45 bits per heavy atom. The number of benzene rings is 1. The Hall–Kier alpha value is -1.03. The van der Waals surface area contributed by atoms with Crippen molar-refractivity contribution in [3.8, 4) is 0 Å². The summed E-state index contributed by atoms with van der Waals surface area (Å²) < 4.78 is 38.9. The van der Waals surface area contributed by atoms with Crippen molar-refractivity contribution in [1.82, 2.24) is 4.90 Å². The highest BCUT2D eigenvalue weighted by molar-refractivity contribution is 5.33. The molecule has 0 amide bonds. The summed E-state index contributed by atoms with van der Waals surface area (Å²) >= 11 is 0. The van der Waals surface area contributed by atoms with Crippen LogP contribution in [0.5, 0.6) is 0 Å². The van der Waals surface area contributed by atoms with Gasteiger partial charge < -0.3 is 0 Å². The first-order valence-electron chi connectivity index (χ1n) is 7.19. The Labute approximate surface area is 118 Å². The first-order valence-corrected chi connectivity index (χ1v) is 7.19. The maximum Gasteiger partial charge on any atom is 0.416 e. The van der Waals surface area contributed by atoms with Gasteiger partial charge in [-0.25, -0.2) is 0 Å². The summed E-state index contributed by atoms with van der Waals surface area (Å²) in [6.45, 7) is 8.62. The van der Waals surface area contributed by atoms with Crippen LogP contribution in [0.3, 0.4) is 0 Å². The molecule has 0 radical (unpaired) electrons. The smallest absolute Gasteiger partial charge is 0.299 e. The maximum absolute atomic E-state index is 13.0. The van der Waals surface area contributed by atoms with E-state index in [9.17, 15) is 13.2 Å². The summed E-state index contributed by atoms with van der Waals surface area (Å²) in [4.78, 5) is 2.24. The molecular formula is C16H22F3N. The normalized spacial score (nSPS) is 20.9. The Morgan fingerprint density at radius 2 is 1.95 bits per heavy atom. The number of likely N-dealkylation sites (tertiary alicyclic amines) is 1. The van der Waals surface area contributed by atoms with Gasteiger partial charge in [-0.05, 0) is 48.1 Å². The van der Waals surface area contributed by atoms with Crippen molar-refractivity contribution < 1.29 is 13.2 Å². The van der Waals surface area contributed by atoms with Gasteiger partial charge >= 0.3 is 6.18 Å². The van der Waals surface area contributed by atoms with Gasteiger partial charge in [0.1, 0.15) is 0 Å². The van der Waals surface area contributed by atoms with E-state index < -0.39 is 11.7 Å². The molecule has 0 bridgehead atoms. The highest BCUT2D eigenvalue weighted by atomic mass is 19.4. The summed E-state index contributed by atoms with van der Waals surface area (Å²) in [7, 11) is 0. The van der Waals surface area contributed by atoms with Gasteiger partial charge in [-0.15, -0.1) is 0 Å². The number of rotatable bonds is 3. The second kappa shape index (κ2) is 5.76. The molecule has 20 heavy (non-hydrogen) atoms. The zero-order valence-corrected chi connectivity index (χ0v) is 12.3. The van der Waals surface area contributed by atoms with Gasteiger partial charge in [-0.1, -0.05) is 26.8 Å². The standard InChI is InChI=1S/C16H22F3N/c1-11(2)14-6-13(7-15(8-14)16(17,18)19)10-20-5-4-12(3)9-20/h6-8,11-12H,4-5,9-10H2,1-3H3. The molecular weight excluding hydrogens is 263 g/mol. The van der Waals surface area contributed by atoms with Crippen LogP contribution in [-0.4, -0.2) is 18.0 Å². The number of nitrogens with zero attached hydrogens (tertiary/aromatic N) is 1. The van der Waals surface area contributed by atoms with E-state index in [1.807, 2.05) is 19.9 Å². The minimum Gasteiger partial charge on any atom is -0.299 e. The first kappa shape index (κ1) is 15.4. The fraction of sp³-hybridized carbons (Fsp3) is 0.625. The van der Waals surface area contributed by atoms with Gasteiger partial charge in [-0.3, -0.25) is 4.90 Å². The van der Waals surface area contributed by atoms with Crippen LogP contribution in [-0.2, 0) is 12.7 Å². The molecule has 0 spiro atoms. The van der Waals surface area contributed by atoms with E-state index in [1.54, 1.807) is 0 Å². The molecule has 1 aliphatic heterocycles. The summed E-state index contributed by atoms with van der Waals surface area (Å²) in [5.41, 5.74) is 1.02. The Kier molecular flexibility index (Phi) is 4.43. The lowest BCUT2D eigenvalue weighted by Gasteiger charge is -2.19. The van der Waals surface area contributed by atoms with Gasteiger partial charge in [0, 0.05) is 13.1 Å². The SMILES string of the molecule is CC1CCN(Cc2cc(C(C)C)cc(C(F)(F)F)c2)C1. The van der Waals surface area contributed by atoms with Crippen molar-refractivity contribution in [2.75, 3.05) is 13.1 Å². The van der Waals surface area contributed by atoms with Gasteiger partial charge in [0.05, 0.1) is 5.56 Å². The van der Waals surface area contributed by atoms with Gasteiger partial charge in [-0.2, -0.15) is 13.2 Å². The van der Waals surface area contributed by atoms with E-state index in [4.69, 9.17) is 0 Å². The largest absolute Gasteiger partial charge is 0.416 e. The molecule has 0 aromatic heterocycles. The van der Waals surface area contributed by atoms with Crippen LogP contribution < -0.4 is 0 Å². The van der Waals surface area contributed by atoms with Crippen molar-refractivity contribution in [2.45, 2.75) is 45.8 Å². The second-order valence-corrected chi connectivity index (χ2v) is 6.24. The molecule has 1 heterocycles. The molecule has 1 aromatic carbocycles. The lowest BCUT2D eigenvalue weighted by Crippen LogP contribution is -2.20. The first-order chi connectivity index (χ1) is 9.25. The molecule has 1 fully saturated rings. The molecule has 4 heteroatoms. The summed E-state index contributed by atoms with van der Waals surface area (Å²) in [6.07, 6.45) is -3.13. The Balaban J connectivity index is 2.25. The third kappa shape index (κ3) is 3.75. The highest BCUT2D eigenvalue weighted by Gasteiger charge is 2.31. The molecule has 1 saturated heterocycles. The van der Waals surface area contributed by atoms with Crippen LogP contribution in [0.4, 0.5) is 13.2 Å². The number of hydrogen-bond donors (Lipinski definition) is 0. The van der Waals surface area contributed by atoms with Crippen molar-refractivity contribution >= 4 is 0 Å². The van der Waals surface area contributed by atoms with E-state index in [0.29, 0.717) is 12.5 Å². The maximum atomic E-state index is 13.0. The van der Waals surface area contributed by atoms with Crippen molar-refractivity contribution in [2.24, 2.45) is 5.92 Å². The lowest BCUT2D eigenvalue weighted by atomic mass is 9.97. The average Bonchev–Trinajstić information content (AvgIpc) is 2.73. The average molecular weight is 285 g/mol. The topological polar surface area (TPSA) is 3.24 Å². The van der Waals surface area contributed by atoms with Gasteiger partial charge in [0.15, 0.2) is 0 Å². The molecule has 0 aliphatic carbocycles. The summed E-state index contributed by atoms with van der Waals surface area (Å²) in [5.74, 6) is 0.749. The molecule has 1 unspecified atom stereocenters. The molecule has 1 aromatic rings. The highest BCUT2D eigenvalue weighted by Crippen LogP contribution is 2.33. The van der Waals surface area contributed by atoms with E-state index in [0.717, 1.165) is 30.6 Å². The van der Waals surface area contributed by atoms with Crippen LogP contribution in [0.1, 0.15) is 49.8 Å². The second-order valence-electron chi connectivity index (χ2n) is 6.24. The molecule has 1 nitrogen and oxygen atoms in total. The zero-order chi connectivity index (χ0) is 14.9. The lowest BCUT2D eigenvalue weighted by molar-refractivity contribution is -0.137. The number of halogens is 3. The number of hydrogen-bond acceptors (Lipinski definition) is 1. The van der Waals surface area contributed by atoms with E-state index in [1.165, 1.54) is 12.1 Å². The van der Waals surface area contributed by atoms with Crippen molar-refractivity contribution in [1.29, 1.82) is 0 Å². The van der Waals surface area contributed by atoms with E-state index in [-0.39, 0.29) is 5.92 Å². The molecule has 2 rings (SSSR count). The van der Waals surface area contributed by atoms with Crippen LogP contribution in [0, 0.1) is 5.92 Å². The quantitative estimate of drug-likeness (QED) is 0.780. The molecule has 0 N–H and O–H groups in total. The number of alkyl halides is 3. The molecule has 112 valence electrons. The van der Waals surface area contributed by atoms with Crippen LogP contribution in [0.15, 0.2) is 18.2 Å². The van der Waals surface area contributed by atoms with Crippen molar-refractivity contribution in [3.63, 3.8) is 0 Å². The molecule has 1 atom stereocenters. The van der Waals surface area contributed by atoms with Crippen LogP contribution in [0.25, 0.3) is 0 Å². The van der Waals surface area contributed by atoms with E-state index >= 15 is 0 Å². The minimum atomic E-state index is -4.27. The fourth-order valence-corrected chi connectivity index (χ4v) is 2.73. The molecule has 1 aliphatic rings. The van der Waals surface area contributed by atoms with E-state index in [2.05, 4.69) is 11.8 Å². The van der Waals surface area contributed by atoms with Gasteiger partial charge in [0.2, 0.25) is 0 Å². The third-order valence-corrected chi connectivity index (χ3v) is 3.92. The summed E-state index contributed by atoms with van der Waals surface area (Å²) in [5, 5.41) is 0. The predicted molar refractivity (Wildman–Crippen MR) is 74.6 cm³/mol. The third-order valence-electron chi connectivity index (χ3n) is 3.92. The summed E-state index contributed by atoms with van der Waals surface area (Å²) in [6, 6.07) is 4.50. The zero-order valence-electron chi connectivity index (χ0n) is 12.3. The van der Waals surface area contributed by atoms with Gasteiger partial charge in [0.25, 0.3) is 0 Å². The van der Waals surface area contributed by atoms with Crippen molar-refractivity contribution in [3.05, 3.63) is 34.9 Å². The predicted octanol–water partition coefficient (Wildman–Crippen LogP) is 4.67. The molecule has 0 saturated carbocycles. The van der Waals surface area contributed by atoms with Crippen LogP contribution >= 0.6 is 0 Å². The monoisotopic (exact) mass is 285 g/mol. The fourth-order valence-electron chi connectivity index (χ4n) is 2.73. The Bertz CT molecular complexity index is 465. The van der Waals surface area contributed by atoms with Crippen LogP contribution in [0.2, 0.25) is 0 Å².